The summed E-state index contributed by atoms with van der Waals surface area (Å²) >= 11 is 0. The lowest BCUT2D eigenvalue weighted by Gasteiger charge is -2.40. The van der Waals surface area contributed by atoms with E-state index in [1.54, 1.807) is 0 Å². The van der Waals surface area contributed by atoms with Gasteiger partial charge in [-0.2, -0.15) is 0 Å². The van der Waals surface area contributed by atoms with E-state index >= 15 is 0 Å². The predicted molar refractivity (Wildman–Crippen MR) is 88.1 cm³/mol. The molecule has 1 heterocycles. The third-order valence-electron chi connectivity index (χ3n) is 5.59. The van der Waals surface area contributed by atoms with Gasteiger partial charge in [-0.1, -0.05) is 33.6 Å². The Balaban J connectivity index is 1.83. The zero-order chi connectivity index (χ0) is 14.4. The molecule has 2 unspecified atom stereocenters. The highest BCUT2D eigenvalue weighted by Crippen LogP contribution is 2.31. The molecule has 0 spiro atoms. The maximum absolute atomic E-state index is 3.74. The number of nitrogens with zero attached hydrogens (tertiary/aromatic N) is 1. The molecular formula is C18H36N2. The van der Waals surface area contributed by atoms with Crippen LogP contribution in [0.4, 0.5) is 0 Å². The molecule has 0 aromatic carbocycles. The van der Waals surface area contributed by atoms with E-state index in [1.807, 2.05) is 0 Å². The van der Waals surface area contributed by atoms with Crippen LogP contribution in [-0.4, -0.2) is 36.6 Å². The molecule has 1 saturated carbocycles. The third kappa shape index (κ3) is 4.73. The molecule has 2 heteroatoms. The van der Waals surface area contributed by atoms with Gasteiger partial charge < -0.3 is 10.2 Å². The number of hydrogen-bond donors (Lipinski definition) is 1. The summed E-state index contributed by atoms with van der Waals surface area (Å²) in [4.78, 5) is 2.84. The summed E-state index contributed by atoms with van der Waals surface area (Å²) in [6, 6.07) is 1.64. The van der Waals surface area contributed by atoms with Gasteiger partial charge in [-0.15, -0.1) is 0 Å². The molecule has 2 rings (SSSR count). The average Bonchev–Trinajstić information content (AvgIpc) is 2.45. The molecule has 118 valence electrons. The second kappa shape index (κ2) is 8.38. The molecule has 0 radical (unpaired) electrons. The Kier molecular flexibility index (Phi) is 6.83. The molecule has 0 aromatic heterocycles. The van der Waals surface area contributed by atoms with Gasteiger partial charge in [0.2, 0.25) is 0 Å². The van der Waals surface area contributed by atoms with Crippen LogP contribution in [-0.2, 0) is 0 Å². The fourth-order valence-electron chi connectivity index (χ4n) is 4.23. The van der Waals surface area contributed by atoms with Crippen molar-refractivity contribution in [2.24, 2.45) is 11.8 Å². The summed E-state index contributed by atoms with van der Waals surface area (Å²) in [7, 11) is 0. The first-order valence-electron chi connectivity index (χ1n) is 9.20. The number of nitrogens with one attached hydrogen (secondary N) is 1. The smallest absolute Gasteiger partial charge is 0.00955 e. The van der Waals surface area contributed by atoms with Gasteiger partial charge in [-0.3, -0.25) is 0 Å². The van der Waals surface area contributed by atoms with Crippen molar-refractivity contribution in [1.82, 2.24) is 10.2 Å². The molecule has 2 nitrogen and oxygen atoms in total. The lowest BCUT2D eigenvalue weighted by Crippen LogP contribution is -2.48. The van der Waals surface area contributed by atoms with E-state index in [-0.39, 0.29) is 0 Å². The molecule has 0 bridgehead atoms. The van der Waals surface area contributed by atoms with Gasteiger partial charge >= 0.3 is 0 Å². The lowest BCUT2D eigenvalue weighted by atomic mass is 9.82. The van der Waals surface area contributed by atoms with Crippen molar-refractivity contribution < 1.29 is 0 Å². The summed E-state index contributed by atoms with van der Waals surface area (Å²) in [5.74, 6) is 1.84. The fraction of sp³-hybridized carbons (Fsp3) is 1.00. The third-order valence-corrected chi connectivity index (χ3v) is 5.59. The van der Waals surface area contributed by atoms with E-state index in [9.17, 15) is 0 Å². The first kappa shape index (κ1) is 16.3. The summed E-state index contributed by atoms with van der Waals surface area (Å²) < 4.78 is 0. The predicted octanol–water partition coefficient (Wildman–Crippen LogP) is 4.06. The number of hydrogen-bond acceptors (Lipinski definition) is 2. The van der Waals surface area contributed by atoms with Crippen LogP contribution in [0.5, 0.6) is 0 Å². The van der Waals surface area contributed by atoms with Crippen molar-refractivity contribution in [1.29, 1.82) is 0 Å². The maximum Gasteiger partial charge on any atom is 0.00955 e. The van der Waals surface area contributed by atoms with Crippen molar-refractivity contribution in [3.63, 3.8) is 0 Å². The minimum absolute atomic E-state index is 0.747. The Morgan fingerprint density at radius 1 is 1.05 bits per heavy atom. The highest BCUT2D eigenvalue weighted by Gasteiger charge is 2.27. The van der Waals surface area contributed by atoms with Gasteiger partial charge in [0.1, 0.15) is 0 Å². The molecule has 1 N–H and O–H groups in total. The Bertz CT molecular complexity index is 258. The minimum Gasteiger partial charge on any atom is -0.314 e. The largest absolute Gasteiger partial charge is 0.314 e. The molecule has 0 aromatic rings. The van der Waals surface area contributed by atoms with Gasteiger partial charge in [0.25, 0.3) is 0 Å². The van der Waals surface area contributed by atoms with Crippen LogP contribution >= 0.6 is 0 Å². The maximum atomic E-state index is 3.74. The SMILES string of the molecule is CCCC1CCC(N2CCC(CC)NCC(C)C2)CC1. The summed E-state index contributed by atoms with van der Waals surface area (Å²) in [6.07, 6.45) is 11.4. The summed E-state index contributed by atoms with van der Waals surface area (Å²) in [5, 5.41) is 3.74. The average molecular weight is 281 g/mol. The molecule has 2 atom stereocenters. The van der Waals surface area contributed by atoms with Crippen molar-refractivity contribution in [2.75, 3.05) is 19.6 Å². The molecule has 1 aliphatic carbocycles. The second-order valence-corrected chi connectivity index (χ2v) is 7.37. The Hall–Kier alpha value is -0.0800. The van der Waals surface area contributed by atoms with Gasteiger partial charge in [0.05, 0.1) is 0 Å². The van der Waals surface area contributed by atoms with Crippen molar-refractivity contribution in [3.8, 4) is 0 Å². The Morgan fingerprint density at radius 3 is 2.45 bits per heavy atom. The quantitative estimate of drug-likeness (QED) is 0.835. The second-order valence-electron chi connectivity index (χ2n) is 7.37. The molecule has 1 saturated heterocycles. The van der Waals surface area contributed by atoms with E-state index in [0.29, 0.717) is 0 Å². The number of rotatable bonds is 4. The molecular weight excluding hydrogens is 244 g/mol. The zero-order valence-corrected chi connectivity index (χ0v) is 14.0. The van der Waals surface area contributed by atoms with E-state index in [2.05, 4.69) is 31.0 Å². The Labute approximate surface area is 126 Å². The molecule has 1 aliphatic heterocycles. The summed E-state index contributed by atoms with van der Waals surface area (Å²) in [6.45, 7) is 10.9. The van der Waals surface area contributed by atoms with Crippen LogP contribution in [0.3, 0.4) is 0 Å². The van der Waals surface area contributed by atoms with E-state index in [4.69, 9.17) is 0 Å². The monoisotopic (exact) mass is 280 g/mol. The van der Waals surface area contributed by atoms with Gasteiger partial charge in [0, 0.05) is 18.6 Å². The standard InChI is InChI=1S/C18H36N2/c1-4-6-16-7-9-18(10-8-16)20-12-11-17(5-2)19-13-15(3)14-20/h15-19H,4-14H2,1-3H3. The Morgan fingerprint density at radius 2 is 1.80 bits per heavy atom. The summed E-state index contributed by atoms with van der Waals surface area (Å²) in [5.41, 5.74) is 0. The van der Waals surface area contributed by atoms with Crippen LogP contribution in [0, 0.1) is 11.8 Å². The molecule has 2 fully saturated rings. The minimum atomic E-state index is 0.747. The first-order valence-corrected chi connectivity index (χ1v) is 9.20. The molecule has 2 aliphatic rings. The van der Waals surface area contributed by atoms with E-state index in [1.165, 1.54) is 71.0 Å². The van der Waals surface area contributed by atoms with Gasteiger partial charge in [-0.25, -0.2) is 0 Å². The van der Waals surface area contributed by atoms with Crippen LogP contribution in [0.25, 0.3) is 0 Å². The van der Waals surface area contributed by atoms with Crippen LogP contribution in [0.15, 0.2) is 0 Å². The highest BCUT2D eigenvalue weighted by atomic mass is 15.2. The molecule has 20 heavy (non-hydrogen) atoms. The highest BCUT2D eigenvalue weighted by molar-refractivity contribution is 4.83. The zero-order valence-electron chi connectivity index (χ0n) is 14.0. The van der Waals surface area contributed by atoms with Gasteiger partial charge in [-0.05, 0) is 63.5 Å². The van der Waals surface area contributed by atoms with Crippen molar-refractivity contribution in [2.45, 2.75) is 84.2 Å². The van der Waals surface area contributed by atoms with Crippen LogP contribution in [0.2, 0.25) is 0 Å². The lowest BCUT2D eigenvalue weighted by molar-refractivity contribution is 0.102. The first-order chi connectivity index (χ1) is 9.72. The van der Waals surface area contributed by atoms with Crippen molar-refractivity contribution >= 4 is 0 Å². The van der Waals surface area contributed by atoms with Crippen LogP contribution in [0.1, 0.15) is 72.1 Å². The van der Waals surface area contributed by atoms with Gasteiger partial charge in [0.15, 0.2) is 0 Å². The topological polar surface area (TPSA) is 15.3 Å². The van der Waals surface area contributed by atoms with E-state index < -0.39 is 0 Å². The van der Waals surface area contributed by atoms with E-state index in [0.717, 1.165) is 23.9 Å². The van der Waals surface area contributed by atoms with Crippen LogP contribution < -0.4 is 5.32 Å². The fourth-order valence-corrected chi connectivity index (χ4v) is 4.23. The normalized spacial score (nSPS) is 37.4. The molecule has 0 amide bonds. The van der Waals surface area contributed by atoms with Crippen molar-refractivity contribution in [3.05, 3.63) is 0 Å².